The van der Waals surface area contributed by atoms with Crippen LogP contribution in [-0.4, -0.2) is 9.97 Å². The molecule has 0 radical (unpaired) electrons. The molecule has 3 heteroatoms. The average Bonchev–Trinajstić information content (AvgIpc) is 3.06. The summed E-state index contributed by atoms with van der Waals surface area (Å²) in [5.41, 5.74) is 3.26. The van der Waals surface area contributed by atoms with Gasteiger partial charge in [-0.15, -0.1) is 11.3 Å². The van der Waals surface area contributed by atoms with Gasteiger partial charge in [0.25, 0.3) is 0 Å². The number of aryl methyl sites for hydroxylation is 1. The summed E-state index contributed by atoms with van der Waals surface area (Å²) < 4.78 is 2.62. The van der Waals surface area contributed by atoms with E-state index in [4.69, 9.17) is 9.97 Å². The van der Waals surface area contributed by atoms with Crippen LogP contribution in [0.15, 0.2) is 66.7 Å². The zero-order chi connectivity index (χ0) is 16.8. The number of nitrogens with zero attached hydrogens (tertiary/aromatic N) is 2. The normalized spacial score (nSPS) is 11.6. The van der Waals surface area contributed by atoms with E-state index >= 15 is 0 Å². The molecule has 3 aromatic carbocycles. The Balaban J connectivity index is 1.92. The summed E-state index contributed by atoms with van der Waals surface area (Å²) >= 11 is 1.84. The van der Waals surface area contributed by atoms with E-state index in [1.807, 2.05) is 17.4 Å². The van der Waals surface area contributed by atoms with E-state index in [0.717, 1.165) is 28.8 Å². The molecule has 2 heterocycles. The predicted octanol–water partition coefficient (Wildman–Crippen LogP) is 6.23. The molecule has 0 N–H and O–H groups in total. The van der Waals surface area contributed by atoms with Crippen LogP contribution in [0.4, 0.5) is 0 Å². The zero-order valence-electron chi connectivity index (χ0n) is 13.9. The first-order chi connectivity index (χ1) is 12.3. The Morgan fingerprint density at radius 3 is 2.40 bits per heavy atom. The van der Waals surface area contributed by atoms with E-state index < -0.39 is 0 Å². The van der Waals surface area contributed by atoms with Crippen LogP contribution in [0.2, 0.25) is 0 Å². The second-order valence-electron chi connectivity index (χ2n) is 6.14. The number of thiophene rings is 1. The summed E-state index contributed by atoms with van der Waals surface area (Å²) in [7, 11) is 0. The largest absolute Gasteiger partial charge is 0.233 e. The fraction of sp³-hybridized carbons (Fsp3) is 0.0909. The third kappa shape index (κ3) is 2.24. The minimum Gasteiger partial charge on any atom is -0.233 e. The number of rotatable bonds is 2. The lowest BCUT2D eigenvalue weighted by Gasteiger charge is -2.09. The highest BCUT2D eigenvalue weighted by atomic mass is 32.1. The minimum atomic E-state index is 0.834. The molecule has 0 spiro atoms. The summed E-state index contributed by atoms with van der Waals surface area (Å²) in [5, 5.41) is 3.74. The van der Waals surface area contributed by atoms with Crippen LogP contribution < -0.4 is 0 Å². The summed E-state index contributed by atoms with van der Waals surface area (Å²) in [6.45, 7) is 2.11. The van der Waals surface area contributed by atoms with Gasteiger partial charge in [0.2, 0.25) is 0 Å². The Labute approximate surface area is 149 Å². The third-order valence-electron chi connectivity index (χ3n) is 4.63. The number of aromatic nitrogens is 2. The first-order valence-corrected chi connectivity index (χ1v) is 9.33. The van der Waals surface area contributed by atoms with Crippen molar-refractivity contribution >= 4 is 42.4 Å². The van der Waals surface area contributed by atoms with Crippen LogP contribution in [0.1, 0.15) is 12.7 Å². The highest BCUT2D eigenvalue weighted by Gasteiger charge is 2.14. The first-order valence-electron chi connectivity index (χ1n) is 8.51. The number of hydrogen-bond donors (Lipinski definition) is 0. The van der Waals surface area contributed by atoms with E-state index in [9.17, 15) is 0 Å². The summed E-state index contributed by atoms with van der Waals surface area (Å²) in [4.78, 5) is 9.60. The Morgan fingerprint density at radius 2 is 1.52 bits per heavy atom. The Morgan fingerprint density at radius 1 is 0.760 bits per heavy atom. The van der Waals surface area contributed by atoms with Gasteiger partial charge in [0.05, 0.1) is 11.2 Å². The van der Waals surface area contributed by atoms with Crippen molar-refractivity contribution in [1.82, 2.24) is 9.97 Å². The Bertz CT molecular complexity index is 1240. The molecule has 5 rings (SSSR count). The van der Waals surface area contributed by atoms with Crippen molar-refractivity contribution in [3.63, 3.8) is 0 Å². The molecule has 0 unspecified atom stereocenters. The number of benzene rings is 3. The van der Waals surface area contributed by atoms with Crippen molar-refractivity contribution in [2.24, 2.45) is 0 Å². The first kappa shape index (κ1) is 14.6. The number of fused-ring (bicyclic) bond motifs is 4. The number of para-hydroxylation sites is 1. The standard InChI is InChI=1S/C22H16N2S/c1-2-20-23-18-12-5-3-9-16(18)21(24-20)17-11-7-10-15-14-8-4-6-13-19(14)25-22(15)17/h3-13H,2H2,1H3. The van der Waals surface area contributed by atoms with Crippen LogP contribution in [0, 0.1) is 0 Å². The van der Waals surface area contributed by atoms with Gasteiger partial charge >= 0.3 is 0 Å². The highest BCUT2D eigenvalue weighted by molar-refractivity contribution is 7.26. The van der Waals surface area contributed by atoms with Gasteiger partial charge in [-0.1, -0.05) is 61.5 Å². The molecule has 5 aromatic rings. The second-order valence-corrected chi connectivity index (χ2v) is 7.19. The van der Waals surface area contributed by atoms with E-state index in [-0.39, 0.29) is 0 Å². The Hall–Kier alpha value is -2.78. The molecule has 0 fully saturated rings. The molecule has 0 aliphatic carbocycles. The van der Waals surface area contributed by atoms with Gasteiger partial charge in [-0.25, -0.2) is 9.97 Å². The van der Waals surface area contributed by atoms with Crippen molar-refractivity contribution in [3.8, 4) is 11.3 Å². The molecular weight excluding hydrogens is 324 g/mol. The minimum absolute atomic E-state index is 0.834. The SMILES string of the molecule is CCc1nc(-c2cccc3c2sc2ccccc23)c2ccccc2n1. The second kappa shape index (κ2) is 5.64. The fourth-order valence-corrected chi connectivity index (χ4v) is 4.64. The van der Waals surface area contributed by atoms with Crippen molar-refractivity contribution < 1.29 is 0 Å². The summed E-state index contributed by atoms with van der Waals surface area (Å²) in [6, 6.07) is 23.4. The van der Waals surface area contributed by atoms with Crippen molar-refractivity contribution in [1.29, 1.82) is 0 Å². The average molecular weight is 340 g/mol. The molecular formula is C22H16N2S. The molecule has 0 bridgehead atoms. The monoisotopic (exact) mass is 340 g/mol. The lowest BCUT2D eigenvalue weighted by Crippen LogP contribution is -1.97. The molecule has 0 saturated carbocycles. The van der Waals surface area contributed by atoms with Crippen LogP contribution >= 0.6 is 11.3 Å². The van der Waals surface area contributed by atoms with E-state index in [1.165, 1.54) is 25.7 Å². The van der Waals surface area contributed by atoms with Gasteiger partial charge < -0.3 is 0 Å². The van der Waals surface area contributed by atoms with Gasteiger partial charge in [-0.05, 0) is 12.1 Å². The molecule has 0 aliphatic heterocycles. The van der Waals surface area contributed by atoms with Crippen molar-refractivity contribution in [3.05, 3.63) is 72.6 Å². The lowest BCUT2D eigenvalue weighted by molar-refractivity contribution is 0.965. The quantitative estimate of drug-likeness (QED) is 0.381. The van der Waals surface area contributed by atoms with Gasteiger partial charge in [0, 0.05) is 37.5 Å². The van der Waals surface area contributed by atoms with E-state index in [1.54, 1.807) is 0 Å². The fourth-order valence-electron chi connectivity index (χ4n) is 3.42. The summed E-state index contributed by atoms with van der Waals surface area (Å²) in [5.74, 6) is 0.895. The molecule has 0 amide bonds. The van der Waals surface area contributed by atoms with Crippen LogP contribution in [-0.2, 0) is 6.42 Å². The molecule has 0 saturated heterocycles. The molecule has 0 aliphatic rings. The topological polar surface area (TPSA) is 25.8 Å². The van der Waals surface area contributed by atoms with Crippen LogP contribution in [0.25, 0.3) is 42.3 Å². The maximum Gasteiger partial charge on any atom is 0.129 e. The Kier molecular flexibility index (Phi) is 3.28. The van der Waals surface area contributed by atoms with E-state index in [0.29, 0.717) is 0 Å². The van der Waals surface area contributed by atoms with Gasteiger partial charge in [-0.2, -0.15) is 0 Å². The predicted molar refractivity (Wildman–Crippen MR) is 107 cm³/mol. The maximum atomic E-state index is 4.91. The van der Waals surface area contributed by atoms with Gasteiger partial charge in [0.15, 0.2) is 0 Å². The van der Waals surface area contributed by atoms with Crippen LogP contribution in [0.3, 0.4) is 0 Å². The van der Waals surface area contributed by atoms with Gasteiger partial charge in [-0.3, -0.25) is 0 Å². The van der Waals surface area contributed by atoms with Crippen molar-refractivity contribution in [2.45, 2.75) is 13.3 Å². The molecule has 120 valence electrons. The zero-order valence-corrected chi connectivity index (χ0v) is 14.7. The summed E-state index contributed by atoms with van der Waals surface area (Å²) in [6.07, 6.45) is 0.834. The molecule has 25 heavy (non-hydrogen) atoms. The van der Waals surface area contributed by atoms with Gasteiger partial charge in [0.1, 0.15) is 5.82 Å². The maximum absolute atomic E-state index is 4.91. The number of hydrogen-bond acceptors (Lipinski definition) is 3. The van der Waals surface area contributed by atoms with Crippen molar-refractivity contribution in [2.75, 3.05) is 0 Å². The van der Waals surface area contributed by atoms with Crippen LogP contribution in [0.5, 0.6) is 0 Å². The molecule has 2 aromatic heterocycles. The molecule has 0 atom stereocenters. The third-order valence-corrected chi connectivity index (χ3v) is 5.85. The molecule has 2 nitrogen and oxygen atoms in total. The van der Waals surface area contributed by atoms with E-state index in [2.05, 4.69) is 67.6 Å². The highest BCUT2D eigenvalue weighted by Crippen LogP contribution is 2.40. The lowest BCUT2D eigenvalue weighted by atomic mass is 10.0. The smallest absolute Gasteiger partial charge is 0.129 e.